The van der Waals surface area contributed by atoms with E-state index in [1.54, 1.807) is 17.0 Å². The lowest BCUT2D eigenvalue weighted by atomic mass is 9.91. The van der Waals surface area contributed by atoms with Crippen molar-refractivity contribution in [2.45, 2.75) is 39.7 Å². The number of carboxylic acid groups (broad SMARTS) is 1. The number of nitrogens with one attached hydrogen (secondary N) is 2. The summed E-state index contributed by atoms with van der Waals surface area (Å²) < 4.78 is 0. The van der Waals surface area contributed by atoms with E-state index in [1.807, 2.05) is 19.1 Å². The summed E-state index contributed by atoms with van der Waals surface area (Å²) in [5.41, 5.74) is 1.48. The van der Waals surface area contributed by atoms with Crippen molar-refractivity contribution in [3.05, 3.63) is 35.4 Å². The lowest BCUT2D eigenvalue weighted by Crippen LogP contribution is -2.49. The van der Waals surface area contributed by atoms with Gasteiger partial charge in [-0.2, -0.15) is 0 Å². The Morgan fingerprint density at radius 3 is 2.48 bits per heavy atom. The minimum Gasteiger partial charge on any atom is -0.481 e. The van der Waals surface area contributed by atoms with Gasteiger partial charge in [-0.1, -0.05) is 32.4 Å². The minimum absolute atomic E-state index is 0.0962. The van der Waals surface area contributed by atoms with Crippen LogP contribution in [0.25, 0.3) is 0 Å². The highest BCUT2D eigenvalue weighted by Crippen LogP contribution is 2.21. The highest BCUT2D eigenvalue weighted by atomic mass is 16.4. The maximum Gasteiger partial charge on any atom is 0.317 e. The molecule has 0 saturated carbocycles. The summed E-state index contributed by atoms with van der Waals surface area (Å²) in [6, 6.07) is 6.86. The molecule has 1 aliphatic heterocycles. The summed E-state index contributed by atoms with van der Waals surface area (Å²) in [7, 11) is 0. The van der Waals surface area contributed by atoms with Crippen molar-refractivity contribution in [3.63, 3.8) is 0 Å². The predicted molar refractivity (Wildman–Crippen MR) is 102 cm³/mol. The first kappa shape index (κ1) is 20.7. The van der Waals surface area contributed by atoms with E-state index in [1.165, 1.54) is 0 Å². The largest absolute Gasteiger partial charge is 0.481 e. The van der Waals surface area contributed by atoms with Crippen molar-refractivity contribution < 1.29 is 19.5 Å². The Hall–Kier alpha value is -2.57. The van der Waals surface area contributed by atoms with Crippen molar-refractivity contribution in [1.29, 1.82) is 0 Å². The van der Waals surface area contributed by atoms with Gasteiger partial charge in [-0.05, 0) is 36.5 Å². The molecule has 0 spiro atoms. The van der Waals surface area contributed by atoms with E-state index in [4.69, 9.17) is 0 Å². The number of aliphatic carboxylic acids is 1. The van der Waals surface area contributed by atoms with E-state index in [-0.39, 0.29) is 24.4 Å². The van der Waals surface area contributed by atoms with Gasteiger partial charge in [0, 0.05) is 31.7 Å². The first-order valence-electron chi connectivity index (χ1n) is 9.53. The molecule has 1 saturated heterocycles. The van der Waals surface area contributed by atoms with E-state index in [2.05, 4.69) is 17.6 Å². The van der Waals surface area contributed by atoms with Gasteiger partial charge < -0.3 is 20.6 Å². The van der Waals surface area contributed by atoms with E-state index >= 15 is 0 Å². The molecule has 1 heterocycles. The molecule has 0 radical (unpaired) electrons. The SMILES string of the molecule is CCCCNC(=O)c1ccc(CNC(=O)N2CC(C)CC(C(=O)O)C2)cc1. The van der Waals surface area contributed by atoms with Gasteiger partial charge in [0.05, 0.1) is 5.92 Å². The van der Waals surface area contributed by atoms with Crippen LogP contribution in [0.4, 0.5) is 4.79 Å². The number of urea groups is 1. The molecule has 0 aliphatic carbocycles. The molecule has 0 aromatic heterocycles. The van der Waals surface area contributed by atoms with Gasteiger partial charge in [0.25, 0.3) is 5.91 Å². The van der Waals surface area contributed by atoms with Gasteiger partial charge in [0.2, 0.25) is 0 Å². The third-order valence-corrected chi connectivity index (χ3v) is 4.77. The number of benzene rings is 1. The summed E-state index contributed by atoms with van der Waals surface area (Å²) in [4.78, 5) is 37.1. The molecule has 1 aliphatic rings. The molecular weight excluding hydrogens is 346 g/mol. The maximum atomic E-state index is 12.4. The number of piperidine rings is 1. The van der Waals surface area contributed by atoms with Crippen LogP contribution in [0.3, 0.4) is 0 Å². The van der Waals surface area contributed by atoms with Crippen molar-refractivity contribution in [1.82, 2.24) is 15.5 Å². The molecule has 7 heteroatoms. The molecular formula is C20H29N3O4. The number of nitrogens with zero attached hydrogens (tertiary/aromatic N) is 1. The van der Waals surface area contributed by atoms with E-state index in [0.717, 1.165) is 18.4 Å². The number of hydrogen-bond donors (Lipinski definition) is 3. The quantitative estimate of drug-likeness (QED) is 0.638. The zero-order valence-electron chi connectivity index (χ0n) is 16.0. The maximum absolute atomic E-state index is 12.4. The zero-order chi connectivity index (χ0) is 19.8. The first-order chi connectivity index (χ1) is 12.9. The van der Waals surface area contributed by atoms with Crippen molar-refractivity contribution in [3.8, 4) is 0 Å². The Balaban J connectivity index is 1.84. The molecule has 2 unspecified atom stereocenters. The van der Waals surface area contributed by atoms with Gasteiger partial charge in [-0.25, -0.2) is 4.79 Å². The molecule has 0 bridgehead atoms. The van der Waals surface area contributed by atoms with Crippen LogP contribution < -0.4 is 10.6 Å². The van der Waals surface area contributed by atoms with Gasteiger partial charge in [0.1, 0.15) is 0 Å². The van der Waals surface area contributed by atoms with Crippen LogP contribution in [0, 0.1) is 11.8 Å². The van der Waals surface area contributed by atoms with Crippen molar-refractivity contribution in [2.75, 3.05) is 19.6 Å². The molecule has 3 amide bonds. The third kappa shape index (κ3) is 6.27. The normalized spacial score (nSPS) is 19.4. The van der Waals surface area contributed by atoms with Crippen molar-refractivity contribution >= 4 is 17.9 Å². The predicted octanol–water partition coefficient (Wildman–Crippen LogP) is 2.47. The number of hydrogen-bond acceptors (Lipinski definition) is 3. The highest BCUT2D eigenvalue weighted by molar-refractivity contribution is 5.94. The molecule has 3 N–H and O–H groups in total. The number of rotatable bonds is 7. The van der Waals surface area contributed by atoms with Gasteiger partial charge in [-0.15, -0.1) is 0 Å². The third-order valence-electron chi connectivity index (χ3n) is 4.77. The Morgan fingerprint density at radius 1 is 1.15 bits per heavy atom. The Kier molecular flexibility index (Phi) is 7.64. The van der Waals surface area contributed by atoms with Crippen LogP contribution in [0.5, 0.6) is 0 Å². The Bertz CT molecular complexity index is 660. The summed E-state index contributed by atoms with van der Waals surface area (Å²) >= 11 is 0. The average molecular weight is 375 g/mol. The lowest BCUT2D eigenvalue weighted by molar-refractivity contribution is -0.143. The van der Waals surface area contributed by atoms with Gasteiger partial charge >= 0.3 is 12.0 Å². The minimum atomic E-state index is -0.854. The molecule has 1 aromatic rings. The Morgan fingerprint density at radius 2 is 1.85 bits per heavy atom. The highest BCUT2D eigenvalue weighted by Gasteiger charge is 2.31. The second-order valence-electron chi connectivity index (χ2n) is 7.25. The van der Waals surface area contributed by atoms with Crippen LogP contribution in [0.2, 0.25) is 0 Å². The van der Waals surface area contributed by atoms with E-state index in [9.17, 15) is 19.5 Å². The molecule has 148 valence electrons. The molecule has 1 aromatic carbocycles. The second kappa shape index (κ2) is 9.94. The van der Waals surface area contributed by atoms with Crippen LogP contribution in [-0.2, 0) is 11.3 Å². The number of carbonyl (C=O) groups is 3. The number of carbonyl (C=O) groups excluding carboxylic acids is 2. The number of amides is 3. The number of carboxylic acids is 1. The monoisotopic (exact) mass is 375 g/mol. The standard InChI is InChI=1S/C20H29N3O4/c1-3-4-9-21-18(24)16-7-5-15(6-8-16)11-22-20(27)23-12-14(2)10-17(13-23)19(25)26/h5-8,14,17H,3-4,9-13H2,1-2H3,(H,21,24)(H,22,27)(H,25,26). The van der Waals surface area contributed by atoms with Gasteiger partial charge in [-0.3, -0.25) is 9.59 Å². The van der Waals surface area contributed by atoms with Crippen LogP contribution in [0.1, 0.15) is 49.0 Å². The fourth-order valence-corrected chi connectivity index (χ4v) is 3.24. The smallest absolute Gasteiger partial charge is 0.317 e. The molecule has 2 atom stereocenters. The first-order valence-corrected chi connectivity index (χ1v) is 9.53. The molecule has 27 heavy (non-hydrogen) atoms. The zero-order valence-corrected chi connectivity index (χ0v) is 16.0. The molecule has 7 nitrogen and oxygen atoms in total. The summed E-state index contributed by atoms with van der Waals surface area (Å²) in [6.07, 6.45) is 2.58. The fourth-order valence-electron chi connectivity index (χ4n) is 3.24. The molecule has 1 fully saturated rings. The van der Waals surface area contributed by atoms with E-state index < -0.39 is 11.9 Å². The van der Waals surface area contributed by atoms with Crippen molar-refractivity contribution in [2.24, 2.45) is 11.8 Å². The van der Waals surface area contributed by atoms with Gasteiger partial charge in [0.15, 0.2) is 0 Å². The van der Waals surface area contributed by atoms with Crippen LogP contribution >= 0.6 is 0 Å². The number of unbranched alkanes of at least 4 members (excludes halogenated alkanes) is 1. The Labute approximate surface area is 160 Å². The van der Waals surface area contributed by atoms with Crippen LogP contribution in [-0.4, -0.2) is 47.5 Å². The average Bonchev–Trinajstić information content (AvgIpc) is 2.66. The van der Waals surface area contributed by atoms with Crippen LogP contribution in [0.15, 0.2) is 24.3 Å². The van der Waals surface area contributed by atoms with E-state index in [0.29, 0.717) is 31.6 Å². The summed E-state index contributed by atoms with van der Waals surface area (Å²) in [6.45, 7) is 5.83. The summed E-state index contributed by atoms with van der Waals surface area (Å²) in [5.74, 6) is -1.30. The summed E-state index contributed by atoms with van der Waals surface area (Å²) in [5, 5.41) is 14.9. The number of likely N-dealkylation sites (tertiary alicyclic amines) is 1. The molecule has 2 rings (SSSR count). The second-order valence-corrected chi connectivity index (χ2v) is 7.25. The lowest BCUT2D eigenvalue weighted by Gasteiger charge is -2.34. The topological polar surface area (TPSA) is 98.7 Å². The fraction of sp³-hybridized carbons (Fsp3) is 0.550.